The molecule has 1 aromatic carbocycles. The number of hydrogen-bond donors (Lipinski definition) is 5. The van der Waals surface area contributed by atoms with Crippen molar-refractivity contribution in [1.29, 1.82) is 0 Å². The van der Waals surface area contributed by atoms with Gasteiger partial charge in [0.05, 0.1) is 5.92 Å². The summed E-state index contributed by atoms with van der Waals surface area (Å²) < 4.78 is 5.46. The Morgan fingerprint density at radius 2 is 1.50 bits per heavy atom. The van der Waals surface area contributed by atoms with Crippen LogP contribution in [0.1, 0.15) is 116 Å². The van der Waals surface area contributed by atoms with Crippen molar-refractivity contribution in [3.8, 4) is 17.6 Å². The number of hydrogen-bond acceptors (Lipinski definition) is 7. The summed E-state index contributed by atoms with van der Waals surface area (Å²) in [6, 6.07) is 5.11. The Labute approximate surface area is 284 Å². The van der Waals surface area contributed by atoms with E-state index >= 15 is 0 Å². The van der Waals surface area contributed by atoms with Crippen molar-refractivity contribution in [3.63, 3.8) is 0 Å². The van der Waals surface area contributed by atoms with Crippen LogP contribution < -0.4 is 10.1 Å². The zero-order chi connectivity index (χ0) is 35.8. The normalized spacial score (nSPS) is 13.5. The van der Waals surface area contributed by atoms with Gasteiger partial charge in [-0.25, -0.2) is 9.59 Å². The first kappa shape index (κ1) is 41.9. The fraction of sp³-hybridized carbons (Fsp3) is 0.595. The largest absolute Gasteiger partial charge is 0.481 e. The van der Waals surface area contributed by atoms with E-state index in [1.807, 2.05) is 0 Å². The number of allylic oxidation sites excluding steroid dienone is 1. The van der Waals surface area contributed by atoms with Gasteiger partial charge in [0.25, 0.3) is 0 Å². The summed E-state index contributed by atoms with van der Waals surface area (Å²) in [5.41, 5.74) is -2.11. The molecule has 0 saturated heterocycles. The molecule has 0 saturated carbocycles. The predicted octanol–water partition coefficient (Wildman–Crippen LogP) is 5.71. The van der Waals surface area contributed by atoms with E-state index in [2.05, 4.69) is 24.1 Å². The lowest BCUT2D eigenvalue weighted by atomic mass is 9.81. The maximum absolute atomic E-state index is 13.5. The molecule has 0 aromatic heterocycles. The first-order valence-electron chi connectivity index (χ1n) is 16.9. The SMILES string of the molecule is CC#CCOc1ccc(C[C@H](NC(=O)[C@@H](C=CCCCCCCC(=O)CCCCCCC)[C@@](O)(CCCC(=O)O)C(=O)O)C(=O)O)cc1. The maximum atomic E-state index is 13.5. The van der Waals surface area contributed by atoms with E-state index in [0.29, 0.717) is 37.0 Å². The van der Waals surface area contributed by atoms with Crippen LogP contribution in [-0.4, -0.2) is 68.3 Å². The van der Waals surface area contributed by atoms with E-state index in [4.69, 9.17) is 9.84 Å². The molecule has 11 nitrogen and oxygen atoms in total. The van der Waals surface area contributed by atoms with Gasteiger partial charge in [0.15, 0.2) is 5.60 Å². The molecule has 0 unspecified atom stereocenters. The van der Waals surface area contributed by atoms with Crippen molar-refractivity contribution >= 4 is 29.6 Å². The highest BCUT2D eigenvalue weighted by Gasteiger charge is 2.47. The zero-order valence-corrected chi connectivity index (χ0v) is 28.4. The lowest BCUT2D eigenvalue weighted by molar-refractivity contribution is -0.168. The molecule has 1 amide bonds. The first-order valence-corrected chi connectivity index (χ1v) is 16.9. The smallest absolute Gasteiger partial charge is 0.336 e. The highest BCUT2D eigenvalue weighted by atomic mass is 16.5. The molecule has 0 aliphatic heterocycles. The van der Waals surface area contributed by atoms with E-state index in [-0.39, 0.29) is 25.2 Å². The summed E-state index contributed by atoms with van der Waals surface area (Å²) in [7, 11) is 0. The number of ether oxygens (including phenoxy) is 1. The second-order valence-electron chi connectivity index (χ2n) is 12.0. The third kappa shape index (κ3) is 17.1. The van der Waals surface area contributed by atoms with Crippen molar-refractivity contribution in [2.75, 3.05) is 6.61 Å². The van der Waals surface area contributed by atoms with E-state index in [9.17, 15) is 39.3 Å². The van der Waals surface area contributed by atoms with Crippen LogP contribution in [0, 0.1) is 17.8 Å². The number of carboxylic acids is 3. The average molecular weight is 672 g/mol. The summed E-state index contributed by atoms with van der Waals surface area (Å²) in [5.74, 6) is -0.677. The van der Waals surface area contributed by atoms with Gasteiger partial charge in [0.2, 0.25) is 5.91 Å². The van der Waals surface area contributed by atoms with Crippen LogP contribution in [0.25, 0.3) is 0 Å². The average Bonchev–Trinajstić information content (AvgIpc) is 3.04. The Morgan fingerprint density at radius 3 is 2.06 bits per heavy atom. The molecule has 0 aliphatic rings. The van der Waals surface area contributed by atoms with Crippen LogP contribution in [0.15, 0.2) is 36.4 Å². The number of aliphatic carboxylic acids is 3. The number of aliphatic hydroxyl groups is 1. The Kier molecular flexibility index (Phi) is 21.0. The highest BCUT2D eigenvalue weighted by molar-refractivity contribution is 5.92. The van der Waals surface area contributed by atoms with Crippen molar-refractivity contribution in [2.45, 2.75) is 128 Å². The molecule has 0 heterocycles. The standard InChI is InChI=1S/C37H53NO10/c1-3-5-7-10-13-17-29(39)18-14-11-8-9-12-15-19-31(37(47,36(45)46)25-16-20-33(40)41)34(42)38-32(35(43)44)27-28-21-23-30(24-22-28)48-26-6-4-2/h15,19,21-24,31-32,47H,3,5,7-14,16-18,20,25-27H2,1-2H3,(H,38,42)(H,40,41)(H,43,44)(H,45,46)/t31-,32+,37+/m1/s1. The quantitative estimate of drug-likeness (QED) is 0.0440. The van der Waals surface area contributed by atoms with Crippen LogP contribution in [0.2, 0.25) is 0 Å². The molecule has 0 fully saturated rings. The van der Waals surface area contributed by atoms with Crippen LogP contribution >= 0.6 is 0 Å². The number of carboxylic acid groups (broad SMARTS) is 3. The monoisotopic (exact) mass is 671 g/mol. The van der Waals surface area contributed by atoms with Crippen LogP contribution in [0.3, 0.4) is 0 Å². The predicted molar refractivity (Wildman–Crippen MR) is 181 cm³/mol. The fourth-order valence-electron chi connectivity index (χ4n) is 5.20. The zero-order valence-electron chi connectivity index (χ0n) is 28.4. The molecular weight excluding hydrogens is 618 g/mol. The highest BCUT2D eigenvalue weighted by Crippen LogP contribution is 2.28. The minimum absolute atomic E-state index is 0.127. The molecular formula is C37H53NO10. The van der Waals surface area contributed by atoms with Gasteiger partial charge in [-0.1, -0.05) is 75.7 Å². The Balaban J connectivity index is 2.89. The van der Waals surface area contributed by atoms with Crippen molar-refractivity contribution in [3.05, 3.63) is 42.0 Å². The Hall–Kier alpha value is -4.17. The van der Waals surface area contributed by atoms with E-state index in [1.165, 1.54) is 12.5 Å². The first-order chi connectivity index (χ1) is 22.9. The number of unbranched alkanes of at least 4 members (excludes halogenated alkanes) is 8. The molecule has 11 heteroatoms. The van der Waals surface area contributed by atoms with E-state index in [0.717, 1.165) is 44.9 Å². The molecule has 0 bridgehead atoms. The summed E-state index contributed by atoms with van der Waals surface area (Å²) in [4.78, 5) is 61.0. The van der Waals surface area contributed by atoms with Crippen molar-refractivity contribution in [1.82, 2.24) is 5.32 Å². The minimum atomic E-state index is -2.67. The topological polar surface area (TPSA) is 188 Å². The maximum Gasteiger partial charge on any atom is 0.336 e. The summed E-state index contributed by atoms with van der Waals surface area (Å²) in [6.45, 7) is 4.03. The molecule has 0 aliphatic carbocycles. The molecule has 48 heavy (non-hydrogen) atoms. The number of ketones is 1. The fourth-order valence-corrected chi connectivity index (χ4v) is 5.20. The van der Waals surface area contributed by atoms with E-state index in [1.54, 1.807) is 37.3 Å². The van der Waals surface area contributed by atoms with Gasteiger partial charge < -0.3 is 30.5 Å². The number of nitrogens with one attached hydrogen (secondary N) is 1. The van der Waals surface area contributed by atoms with Gasteiger partial charge in [0.1, 0.15) is 24.2 Å². The Morgan fingerprint density at radius 1 is 0.875 bits per heavy atom. The summed E-state index contributed by atoms with van der Waals surface area (Å²) in [5, 5.41) is 42.4. The number of amides is 1. The number of carbonyl (C=O) groups is 5. The summed E-state index contributed by atoms with van der Waals surface area (Å²) in [6.07, 6.45) is 11.8. The molecule has 3 atom stereocenters. The number of benzene rings is 1. The number of Topliss-reactive ketones (excluding diaryl/α,β-unsaturated/α-hetero) is 1. The van der Waals surface area contributed by atoms with Gasteiger partial charge in [-0.3, -0.25) is 14.4 Å². The second-order valence-corrected chi connectivity index (χ2v) is 12.0. The van der Waals surface area contributed by atoms with E-state index < -0.39 is 54.2 Å². The van der Waals surface area contributed by atoms with Crippen molar-refractivity contribution < 1.29 is 49.1 Å². The number of carbonyl (C=O) groups excluding carboxylic acids is 2. The van der Waals surface area contributed by atoms with Gasteiger partial charge in [-0.15, -0.1) is 5.92 Å². The van der Waals surface area contributed by atoms with Gasteiger partial charge in [-0.2, -0.15) is 0 Å². The summed E-state index contributed by atoms with van der Waals surface area (Å²) >= 11 is 0. The lowest BCUT2D eigenvalue weighted by Crippen LogP contribution is -2.54. The van der Waals surface area contributed by atoms with Gasteiger partial charge >= 0.3 is 17.9 Å². The number of rotatable bonds is 27. The van der Waals surface area contributed by atoms with Gasteiger partial charge in [-0.05, 0) is 63.1 Å². The molecule has 0 spiro atoms. The van der Waals surface area contributed by atoms with Crippen LogP contribution in [0.5, 0.6) is 5.75 Å². The molecule has 5 N–H and O–H groups in total. The molecule has 0 radical (unpaired) electrons. The second kappa shape index (κ2) is 24.0. The third-order valence-electron chi connectivity index (χ3n) is 8.05. The minimum Gasteiger partial charge on any atom is -0.481 e. The van der Waals surface area contributed by atoms with Crippen LogP contribution in [-0.2, 0) is 30.4 Å². The third-order valence-corrected chi connectivity index (χ3v) is 8.05. The van der Waals surface area contributed by atoms with Crippen molar-refractivity contribution in [2.24, 2.45) is 5.92 Å². The molecule has 1 rings (SSSR count). The van der Waals surface area contributed by atoms with Gasteiger partial charge in [0, 0.05) is 25.7 Å². The molecule has 266 valence electrons. The lowest BCUT2D eigenvalue weighted by Gasteiger charge is -2.30. The van der Waals surface area contributed by atoms with Crippen LogP contribution in [0.4, 0.5) is 0 Å². The molecule has 1 aromatic rings. The Bertz CT molecular complexity index is 1250.